The summed E-state index contributed by atoms with van der Waals surface area (Å²) in [5.41, 5.74) is 0.675. The molecule has 0 saturated carbocycles. The summed E-state index contributed by atoms with van der Waals surface area (Å²) in [6.07, 6.45) is -2.28. The first kappa shape index (κ1) is 15.9. The second-order valence-electron chi connectivity index (χ2n) is 3.89. The van der Waals surface area contributed by atoms with E-state index in [2.05, 4.69) is 4.74 Å². The minimum Gasteiger partial charge on any atom is -0.496 e. The van der Waals surface area contributed by atoms with Gasteiger partial charge in [0.1, 0.15) is 18.1 Å². The zero-order valence-electron chi connectivity index (χ0n) is 10.5. The first-order valence-electron chi connectivity index (χ1n) is 5.73. The number of halogens is 3. The van der Waals surface area contributed by atoms with E-state index >= 15 is 0 Å². The van der Waals surface area contributed by atoms with E-state index in [0.717, 1.165) is 0 Å². The molecule has 1 aromatic carbocycles. The van der Waals surface area contributed by atoms with Gasteiger partial charge < -0.3 is 9.47 Å². The average Bonchev–Trinajstić information content (AvgIpc) is 2.35. The zero-order valence-corrected chi connectivity index (χ0v) is 11.3. The Morgan fingerprint density at radius 2 is 2.16 bits per heavy atom. The molecule has 1 rings (SSSR count). The van der Waals surface area contributed by atoms with Crippen LogP contribution >= 0.6 is 11.6 Å². The minimum absolute atomic E-state index is 0.00788. The molecule has 0 atom stereocenters. The van der Waals surface area contributed by atoms with Gasteiger partial charge in [0.15, 0.2) is 0 Å². The third-order valence-corrected chi connectivity index (χ3v) is 2.63. The summed E-state index contributed by atoms with van der Waals surface area (Å²) in [6.45, 7) is -0.653. The summed E-state index contributed by atoms with van der Waals surface area (Å²) < 4.78 is 33.4. The maximum atomic E-state index is 11.8. The molecule has 0 aliphatic heterocycles. The largest absolute Gasteiger partial charge is 0.496 e. The first-order valence-corrected chi connectivity index (χ1v) is 6.10. The van der Waals surface area contributed by atoms with Crippen LogP contribution in [-0.4, -0.2) is 32.5 Å². The van der Waals surface area contributed by atoms with Crippen molar-refractivity contribution >= 4 is 17.4 Å². The second kappa shape index (κ2) is 8.07. The predicted octanol–water partition coefficient (Wildman–Crippen LogP) is 3.13. The van der Waals surface area contributed by atoms with Gasteiger partial charge >= 0.3 is 0 Å². The highest BCUT2D eigenvalue weighted by atomic mass is 35.5. The summed E-state index contributed by atoms with van der Waals surface area (Å²) in [6, 6.07) is 5.00. The number of hydrogen-bond acceptors (Lipinski definition) is 3. The van der Waals surface area contributed by atoms with Crippen LogP contribution < -0.4 is 4.74 Å². The van der Waals surface area contributed by atoms with Crippen molar-refractivity contribution < 1.29 is 23.0 Å². The number of alkyl halides is 2. The van der Waals surface area contributed by atoms with Gasteiger partial charge in [0.25, 0.3) is 6.43 Å². The Kier molecular flexibility index (Phi) is 6.73. The number of ketones is 1. The molecule has 0 spiro atoms. The lowest BCUT2D eigenvalue weighted by Gasteiger charge is -2.08. The van der Waals surface area contributed by atoms with Gasteiger partial charge in [-0.05, 0) is 18.2 Å². The fourth-order valence-electron chi connectivity index (χ4n) is 1.54. The van der Waals surface area contributed by atoms with Gasteiger partial charge in [-0.2, -0.15) is 0 Å². The number of carbonyl (C=O) groups is 1. The number of benzene rings is 1. The van der Waals surface area contributed by atoms with Crippen LogP contribution in [0.5, 0.6) is 5.75 Å². The molecule has 0 aliphatic rings. The Labute approximate surface area is 115 Å². The van der Waals surface area contributed by atoms with E-state index in [4.69, 9.17) is 16.3 Å². The fourth-order valence-corrected chi connectivity index (χ4v) is 1.74. The highest BCUT2D eigenvalue weighted by Gasteiger charge is 2.10. The molecule has 0 aliphatic carbocycles. The van der Waals surface area contributed by atoms with Gasteiger partial charge in [-0.1, -0.05) is 11.6 Å². The molecule has 0 radical (unpaired) electrons. The highest BCUT2D eigenvalue weighted by Crippen LogP contribution is 2.23. The molecule has 0 aromatic heterocycles. The van der Waals surface area contributed by atoms with E-state index in [-0.39, 0.29) is 25.2 Å². The molecule has 0 N–H and O–H groups in total. The normalized spacial score (nSPS) is 10.8. The van der Waals surface area contributed by atoms with E-state index in [0.29, 0.717) is 16.3 Å². The highest BCUT2D eigenvalue weighted by molar-refractivity contribution is 6.30. The minimum atomic E-state index is -2.51. The topological polar surface area (TPSA) is 35.5 Å². The standard InChI is InChI=1S/C13H15ClF2O3/c1-18-12-3-2-10(14)6-9(12)7-11(17)4-5-19-8-13(15)16/h2-3,6,13H,4-5,7-8H2,1H3. The lowest BCUT2D eigenvalue weighted by atomic mass is 10.1. The fraction of sp³-hybridized carbons (Fsp3) is 0.462. The van der Waals surface area contributed by atoms with Crippen molar-refractivity contribution in [3.8, 4) is 5.75 Å². The molecule has 106 valence electrons. The summed E-state index contributed by atoms with van der Waals surface area (Å²) in [5, 5.41) is 0.512. The Morgan fingerprint density at radius 3 is 2.79 bits per heavy atom. The quantitative estimate of drug-likeness (QED) is 0.691. The molecule has 3 nitrogen and oxygen atoms in total. The van der Waals surface area contributed by atoms with Crippen molar-refractivity contribution in [3.63, 3.8) is 0 Å². The number of Topliss-reactive ketones (excluding diaryl/α,β-unsaturated/α-hetero) is 1. The van der Waals surface area contributed by atoms with Gasteiger partial charge in [0.2, 0.25) is 0 Å². The van der Waals surface area contributed by atoms with Crippen LogP contribution in [0.25, 0.3) is 0 Å². The van der Waals surface area contributed by atoms with E-state index in [1.165, 1.54) is 7.11 Å². The summed E-state index contributed by atoms with van der Waals surface area (Å²) in [4.78, 5) is 11.7. The summed E-state index contributed by atoms with van der Waals surface area (Å²) >= 11 is 5.84. The van der Waals surface area contributed by atoms with Crippen molar-refractivity contribution in [1.29, 1.82) is 0 Å². The van der Waals surface area contributed by atoms with Crippen LogP contribution in [0.2, 0.25) is 5.02 Å². The maximum Gasteiger partial charge on any atom is 0.261 e. The van der Waals surface area contributed by atoms with Gasteiger partial charge in [-0.3, -0.25) is 4.79 Å². The van der Waals surface area contributed by atoms with E-state index in [9.17, 15) is 13.6 Å². The Hall–Kier alpha value is -1.20. The van der Waals surface area contributed by atoms with E-state index in [1.807, 2.05) is 0 Å². The summed E-state index contributed by atoms with van der Waals surface area (Å²) in [5.74, 6) is 0.459. The number of hydrogen-bond donors (Lipinski definition) is 0. The summed E-state index contributed by atoms with van der Waals surface area (Å²) in [7, 11) is 1.50. The number of ether oxygens (including phenoxy) is 2. The Bertz CT molecular complexity index is 424. The maximum absolute atomic E-state index is 11.8. The van der Waals surface area contributed by atoms with Crippen molar-refractivity contribution in [3.05, 3.63) is 28.8 Å². The molecular weight excluding hydrogens is 278 g/mol. The van der Waals surface area contributed by atoms with E-state index in [1.54, 1.807) is 18.2 Å². The molecule has 0 heterocycles. The molecule has 0 unspecified atom stereocenters. The number of rotatable bonds is 8. The number of carbonyl (C=O) groups excluding carboxylic acids is 1. The monoisotopic (exact) mass is 292 g/mol. The van der Waals surface area contributed by atoms with Gasteiger partial charge in [-0.15, -0.1) is 0 Å². The van der Waals surface area contributed by atoms with Gasteiger partial charge in [0.05, 0.1) is 13.7 Å². The van der Waals surface area contributed by atoms with Crippen LogP contribution in [0, 0.1) is 0 Å². The molecule has 0 amide bonds. The predicted molar refractivity (Wildman–Crippen MR) is 68.2 cm³/mol. The van der Waals surface area contributed by atoms with E-state index < -0.39 is 13.0 Å². The van der Waals surface area contributed by atoms with Crippen molar-refractivity contribution in [2.75, 3.05) is 20.3 Å². The molecule has 0 fully saturated rings. The average molecular weight is 293 g/mol. The van der Waals surface area contributed by atoms with Crippen LogP contribution in [-0.2, 0) is 16.0 Å². The molecule has 1 aromatic rings. The van der Waals surface area contributed by atoms with Crippen molar-refractivity contribution in [2.24, 2.45) is 0 Å². The first-order chi connectivity index (χ1) is 9.02. The van der Waals surface area contributed by atoms with Crippen LogP contribution in [0.3, 0.4) is 0 Å². The lowest BCUT2D eigenvalue weighted by Crippen LogP contribution is -2.11. The van der Waals surface area contributed by atoms with Crippen LogP contribution in [0.4, 0.5) is 8.78 Å². The van der Waals surface area contributed by atoms with Crippen LogP contribution in [0.15, 0.2) is 18.2 Å². The number of methoxy groups -OCH3 is 1. The lowest BCUT2D eigenvalue weighted by molar-refractivity contribution is -0.119. The van der Waals surface area contributed by atoms with Crippen molar-refractivity contribution in [2.45, 2.75) is 19.3 Å². The third kappa shape index (κ3) is 5.98. The van der Waals surface area contributed by atoms with Crippen LogP contribution in [0.1, 0.15) is 12.0 Å². The molecule has 0 saturated heterocycles. The molecule has 6 heteroatoms. The second-order valence-corrected chi connectivity index (χ2v) is 4.32. The smallest absolute Gasteiger partial charge is 0.261 e. The Balaban J connectivity index is 2.45. The SMILES string of the molecule is COc1ccc(Cl)cc1CC(=O)CCOCC(F)F. The van der Waals surface area contributed by atoms with Gasteiger partial charge in [0, 0.05) is 23.4 Å². The molecule has 0 bridgehead atoms. The Morgan fingerprint density at radius 1 is 1.42 bits per heavy atom. The molecule has 19 heavy (non-hydrogen) atoms. The molecular formula is C13H15ClF2O3. The third-order valence-electron chi connectivity index (χ3n) is 2.40. The zero-order chi connectivity index (χ0) is 14.3. The van der Waals surface area contributed by atoms with Gasteiger partial charge in [-0.25, -0.2) is 8.78 Å². The van der Waals surface area contributed by atoms with Crippen molar-refractivity contribution in [1.82, 2.24) is 0 Å².